The van der Waals surface area contributed by atoms with Crippen LogP contribution in [0.4, 0.5) is 11.4 Å². The highest BCUT2D eigenvalue weighted by molar-refractivity contribution is 5.96. The minimum absolute atomic E-state index is 0.0196. The van der Waals surface area contributed by atoms with Gasteiger partial charge in [-0.1, -0.05) is 13.8 Å². The summed E-state index contributed by atoms with van der Waals surface area (Å²) in [5.74, 6) is -0.0584. The third kappa shape index (κ3) is 3.32. The number of nitrogens with zero attached hydrogens (tertiary/aromatic N) is 2. The van der Waals surface area contributed by atoms with E-state index in [0.717, 1.165) is 25.9 Å². The smallest absolute Gasteiger partial charge is 0.292 e. The normalized spacial score (nSPS) is 17.4. The second-order valence-corrected chi connectivity index (χ2v) is 6.20. The third-order valence-corrected chi connectivity index (χ3v) is 4.11. The van der Waals surface area contributed by atoms with Crippen molar-refractivity contribution in [2.24, 2.45) is 5.41 Å². The van der Waals surface area contributed by atoms with Crippen molar-refractivity contribution in [1.82, 2.24) is 4.90 Å². The summed E-state index contributed by atoms with van der Waals surface area (Å²) in [6.07, 6.45) is 1.95. The predicted molar refractivity (Wildman–Crippen MR) is 81.6 cm³/mol. The largest absolute Gasteiger partial charge is 0.383 e. The van der Waals surface area contributed by atoms with E-state index in [9.17, 15) is 14.9 Å². The van der Waals surface area contributed by atoms with Gasteiger partial charge in [-0.15, -0.1) is 0 Å². The Bertz CT molecular complexity index is 559. The second kappa shape index (κ2) is 5.71. The first-order chi connectivity index (χ1) is 9.84. The number of hydrogen-bond donors (Lipinski definition) is 1. The lowest BCUT2D eigenvalue weighted by Crippen LogP contribution is -2.41. The molecule has 0 atom stereocenters. The van der Waals surface area contributed by atoms with Crippen LogP contribution in [0.15, 0.2) is 18.2 Å². The van der Waals surface area contributed by atoms with Crippen molar-refractivity contribution in [3.63, 3.8) is 0 Å². The molecule has 2 rings (SSSR count). The number of carbonyl (C=O) groups excluding carboxylic acids is 1. The van der Waals surface area contributed by atoms with Crippen LogP contribution in [-0.2, 0) is 0 Å². The van der Waals surface area contributed by atoms with E-state index in [2.05, 4.69) is 19.2 Å². The maximum Gasteiger partial charge on any atom is 0.292 e. The highest BCUT2D eigenvalue weighted by Gasteiger charge is 2.28. The number of hydrogen-bond acceptors (Lipinski definition) is 4. The molecule has 1 heterocycles. The molecule has 1 aromatic carbocycles. The van der Waals surface area contributed by atoms with Gasteiger partial charge in [0.25, 0.3) is 11.6 Å². The van der Waals surface area contributed by atoms with E-state index in [1.807, 2.05) is 4.90 Å². The molecule has 0 aromatic heterocycles. The van der Waals surface area contributed by atoms with E-state index in [4.69, 9.17) is 0 Å². The van der Waals surface area contributed by atoms with Gasteiger partial charge in [-0.25, -0.2) is 0 Å². The summed E-state index contributed by atoms with van der Waals surface area (Å²) in [7, 11) is 1.61. The van der Waals surface area contributed by atoms with Crippen molar-refractivity contribution in [3.8, 4) is 0 Å². The lowest BCUT2D eigenvalue weighted by molar-refractivity contribution is -0.383. The maximum absolute atomic E-state index is 12.5. The molecular formula is C15H21N3O3. The van der Waals surface area contributed by atoms with Crippen molar-refractivity contribution in [3.05, 3.63) is 33.9 Å². The number of benzene rings is 1. The fourth-order valence-electron chi connectivity index (χ4n) is 2.53. The summed E-state index contributed by atoms with van der Waals surface area (Å²) < 4.78 is 0. The lowest BCUT2D eigenvalue weighted by Gasteiger charge is -2.37. The van der Waals surface area contributed by atoms with Gasteiger partial charge in [0.15, 0.2) is 0 Å². The summed E-state index contributed by atoms with van der Waals surface area (Å²) in [5.41, 5.74) is 1.12. The Labute approximate surface area is 124 Å². The molecular weight excluding hydrogens is 270 g/mol. The van der Waals surface area contributed by atoms with E-state index in [1.54, 1.807) is 13.1 Å². The summed E-state index contributed by atoms with van der Waals surface area (Å²) in [6, 6.07) is 4.47. The van der Waals surface area contributed by atoms with Crippen LogP contribution in [0.3, 0.4) is 0 Å². The van der Waals surface area contributed by atoms with E-state index >= 15 is 0 Å². The van der Waals surface area contributed by atoms with Crippen LogP contribution in [0.1, 0.15) is 37.0 Å². The zero-order valence-electron chi connectivity index (χ0n) is 12.7. The van der Waals surface area contributed by atoms with Crippen LogP contribution >= 0.6 is 0 Å². The Hall–Kier alpha value is -2.11. The van der Waals surface area contributed by atoms with Gasteiger partial charge in [-0.2, -0.15) is 0 Å². The van der Waals surface area contributed by atoms with Gasteiger partial charge in [0, 0.05) is 31.8 Å². The summed E-state index contributed by atoms with van der Waals surface area (Å²) in [5, 5.41) is 13.7. The van der Waals surface area contributed by atoms with E-state index < -0.39 is 4.92 Å². The monoisotopic (exact) mass is 291 g/mol. The zero-order valence-corrected chi connectivity index (χ0v) is 12.7. The number of nitro groups is 1. The molecule has 0 spiro atoms. The maximum atomic E-state index is 12.5. The van der Waals surface area contributed by atoms with Crippen molar-refractivity contribution < 1.29 is 9.72 Å². The molecule has 6 nitrogen and oxygen atoms in total. The number of carbonyl (C=O) groups is 1. The molecule has 0 bridgehead atoms. The Balaban J connectivity index is 2.18. The molecule has 1 aromatic rings. The molecule has 1 fully saturated rings. The quantitative estimate of drug-likeness (QED) is 0.686. The van der Waals surface area contributed by atoms with Crippen LogP contribution in [0.25, 0.3) is 0 Å². The van der Waals surface area contributed by atoms with Crippen molar-refractivity contribution in [1.29, 1.82) is 0 Å². The molecule has 0 radical (unpaired) electrons. The molecule has 1 aliphatic rings. The van der Waals surface area contributed by atoms with Crippen LogP contribution in [0.2, 0.25) is 0 Å². The van der Waals surface area contributed by atoms with Crippen LogP contribution in [0.5, 0.6) is 0 Å². The Morgan fingerprint density at radius 2 is 1.95 bits per heavy atom. The Kier molecular flexibility index (Phi) is 4.16. The zero-order chi connectivity index (χ0) is 15.6. The van der Waals surface area contributed by atoms with Crippen molar-refractivity contribution >= 4 is 17.3 Å². The number of amides is 1. The molecule has 1 N–H and O–H groups in total. The molecule has 0 saturated carbocycles. The van der Waals surface area contributed by atoms with Gasteiger partial charge < -0.3 is 10.2 Å². The number of anilines is 1. The van der Waals surface area contributed by atoms with Gasteiger partial charge in [0.2, 0.25) is 0 Å². The predicted octanol–water partition coefficient (Wildman–Crippen LogP) is 2.90. The molecule has 114 valence electrons. The molecule has 1 amide bonds. The van der Waals surface area contributed by atoms with Crippen LogP contribution in [0, 0.1) is 15.5 Å². The van der Waals surface area contributed by atoms with Gasteiger partial charge in [-0.05, 0) is 30.4 Å². The average Bonchev–Trinajstić information content (AvgIpc) is 2.45. The number of nitro benzene ring substituents is 1. The lowest BCUT2D eigenvalue weighted by atomic mass is 9.82. The number of nitrogens with one attached hydrogen (secondary N) is 1. The summed E-state index contributed by atoms with van der Waals surface area (Å²) in [6.45, 7) is 5.88. The number of likely N-dealkylation sites (tertiary alicyclic amines) is 1. The fourth-order valence-corrected chi connectivity index (χ4v) is 2.53. The average molecular weight is 291 g/mol. The number of piperidine rings is 1. The van der Waals surface area contributed by atoms with Crippen molar-refractivity contribution in [2.45, 2.75) is 26.7 Å². The first kappa shape index (κ1) is 15.3. The van der Waals surface area contributed by atoms with Crippen LogP contribution in [-0.4, -0.2) is 35.9 Å². The first-order valence-corrected chi connectivity index (χ1v) is 7.09. The topological polar surface area (TPSA) is 75.5 Å². The molecule has 0 unspecified atom stereocenters. The molecule has 1 aliphatic heterocycles. The fraction of sp³-hybridized carbons (Fsp3) is 0.533. The molecule has 6 heteroatoms. The molecule has 1 saturated heterocycles. The van der Waals surface area contributed by atoms with Crippen LogP contribution < -0.4 is 5.32 Å². The summed E-state index contributed by atoms with van der Waals surface area (Å²) in [4.78, 5) is 24.8. The van der Waals surface area contributed by atoms with Gasteiger partial charge in [0.05, 0.1) is 4.92 Å². The first-order valence-electron chi connectivity index (χ1n) is 7.09. The van der Waals surface area contributed by atoms with Gasteiger partial charge >= 0.3 is 0 Å². The standard InChI is InChI=1S/C15H21N3O3/c1-15(2)6-8-17(9-7-15)14(19)11-4-5-13(18(20)21)12(10-11)16-3/h4-5,10,16H,6-9H2,1-3H3. The third-order valence-electron chi connectivity index (χ3n) is 4.11. The Morgan fingerprint density at radius 3 is 2.48 bits per heavy atom. The summed E-state index contributed by atoms with van der Waals surface area (Å²) >= 11 is 0. The highest BCUT2D eigenvalue weighted by Crippen LogP contribution is 2.31. The van der Waals surface area contributed by atoms with E-state index in [0.29, 0.717) is 11.3 Å². The van der Waals surface area contributed by atoms with Gasteiger partial charge in [0.1, 0.15) is 5.69 Å². The minimum atomic E-state index is -0.455. The van der Waals surface area contributed by atoms with Crippen molar-refractivity contribution in [2.75, 3.05) is 25.5 Å². The molecule has 0 aliphatic carbocycles. The number of rotatable bonds is 3. The van der Waals surface area contributed by atoms with Gasteiger partial charge in [-0.3, -0.25) is 14.9 Å². The van der Waals surface area contributed by atoms with E-state index in [1.165, 1.54) is 12.1 Å². The SMILES string of the molecule is CNc1cc(C(=O)N2CCC(C)(C)CC2)ccc1[N+](=O)[O-]. The molecule has 21 heavy (non-hydrogen) atoms. The minimum Gasteiger partial charge on any atom is -0.383 e. The highest BCUT2D eigenvalue weighted by atomic mass is 16.6. The second-order valence-electron chi connectivity index (χ2n) is 6.20. The Morgan fingerprint density at radius 1 is 1.33 bits per heavy atom. The van der Waals surface area contributed by atoms with E-state index in [-0.39, 0.29) is 17.0 Å².